The van der Waals surface area contributed by atoms with Crippen LogP contribution in [0.25, 0.3) is 0 Å². The number of aromatic nitrogens is 2. The number of carbonyl (C=O) groups is 1. The molecule has 8 heteroatoms. The maximum Gasteiger partial charge on any atom is 0.271 e. The zero-order valence-corrected chi connectivity index (χ0v) is 13.3. The first-order chi connectivity index (χ1) is 11.1. The Morgan fingerprint density at radius 1 is 1.17 bits per heavy atom. The second kappa shape index (κ2) is 6.41. The molecule has 3 rings (SSSR count). The van der Waals surface area contributed by atoms with Gasteiger partial charge in [0, 0.05) is 6.04 Å². The van der Waals surface area contributed by atoms with Gasteiger partial charge in [-0.05, 0) is 25.0 Å². The predicted molar refractivity (Wildman–Crippen MR) is 85.6 cm³/mol. The number of carbonyl (C=O) groups excluding carboxylic acids is 1. The Bertz CT molecular complexity index is 780. The normalized spacial score (nSPS) is 15.5. The number of nitrogens with zero attached hydrogens (tertiary/aromatic N) is 1. The summed E-state index contributed by atoms with van der Waals surface area (Å²) in [6.45, 7) is 0. The highest BCUT2D eigenvalue weighted by molar-refractivity contribution is 7.92. The molecule has 7 nitrogen and oxygen atoms in total. The van der Waals surface area contributed by atoms with Crippen molar-refractivity contribution in [3.05, 3.63) is 42.2 Å². The molecule has 1 aromatic carbocycles. The van der Waals surface area contributed by atoms with Crippen LogP contribution < -0.4 is 10.0 Å². The maximum atomic E-state index is 12.3. The van der Waals surface area contributed by atoms with Gasteiger partial charge in [0.25, 0.3) is 15.9 Å². The van der Waals surface area contributed by atoms with E-state index in [0.717, 1.165) is 25.7 Å². The molecule has 0 aliphatic heterocycles. The van der Waals surface area contributed by atoms with Crippen molar-refractivity contribution in [2.45, 2.75) is 36.6 Å². The number of benzene rings is 1. The lowest BCUT2D eigenvalue weighted by Crippen LogP contribution is -2.33. The van der Waals surface area contributed by atoms with E-state index in [0.29, 0.717) is 0 Å². The molecule has 0 atom stereocenters. The zero-order chi connectivity index (χ0) is 16.3. The molecule has 1 heterocycles. The minimum absolute atomic E-state index is 0.122. The standard InChI is InChI=1S/C15H18N4O3S/c20-15(17-11-6-4-5-7-11)14-13(10-16-18-14)19-23(21,22)12-8-2-1-3-9-12/h1-3,8-11,19H,4-7H2,(H,16,18)(H,17,20). The number of hydrogen-bond donors (Lipinski definition) is 3. The van der Waals surface area contributed by atoms with Gasteiger partial charge in [0.15, 0.2) is 0 Å². The van der Waals surface area contributed by atoms with Gasteiger partial charge in [-0.25, -0.2) is 8.42 Å². The highest BCUT2D eigenvalue weighted by Gasteiger charge is 2.23. The van der Waals surface area contributed by atoms with Crippen molar-refractivity contribution in [3.63, 3.8) is 0 Å². The maximum absolute atomic E-state index is 12.3. The molecule has 0 spiro atoms. The quantitative estimate of drug-likeness (QED) is 0.776. The van der Waals surface area contributed by atoms with Crippen LogP contribution in [0.4, 0.5) is 5.69 Å². The van der Waals surface area contributed by atoms with Crippen LogP contribution >= 0.6 is 0 Å². The van der Waals surface area contributed by atoms with E-state index in [4.69, 9.17) is 0 Å². The minimum Gasteiger partial charge on any atom is -0.348 e. The second-order valence-electron chi connectivity index (χ2n) is 5.53. The number of hydrogen-bond acceptors (Lipinski definition) is 4. The molecule has 0 radical (unpaired) electrons. The summed E-state index contributed by atoms with van der Waals surface area (Å²) in [4.78, 5) is 12.4. The van der Waals surface area contributed by atoms with Gasteiger partial charge < -0.3 is 5.32 Å². The van der Waals surface area contributed by atoms with Crippen molar-refractivity contribution in [2.75, 3.05) is 4.72 Å². The highest BCUT2D eigenvalue weighted by atomic mass is 32.2. The number of amides is 1. The van der Waals surface area contributed by atoms with Gasteiger partial charge in [-0.1, -0.05) is 31.0 Å². The Morgan fingerprint density at radius 3 is 2.57 bits per heavy atom. The molecular formula is C15H18N4O3S. The van der Waals surface area contributed by atoms with E-state index >= 15 is 0 Å². The van der Waals surface area contributed by atoms with E-state index in [1.807, 2.05) is 0 Å². The SMILES string of the molecule is O=C(NC1CCCC1)c1[nH]ncc1NS(=O)(=O)c1ccccc1. The summed E-state index contributed by atoms with van der Waals surface area (Å²) in [5, 5.41) is 9.25. The summed E-state index contributed by atoms with van der Waals surface area (Å²) < 4.78 is 27.1. The third-order valence-corrected chi connectivity index (χ3v) is 5.24. The summed E-state index contributed by atoms with van der Waals surface area (Å²) in [7, 11) is -3.76. The summed E-state index contributed by atoms with van der Waals surface area (Å²) in [6, 6.07) is 8.12. The lowest BCUT2D eigenvalue weighted by molar-refractivity contribution is 0.0933. The summed E-state index contributed by atoms with van der Waals surface area (Å²) in [6.07, 6.45) is 5.39. The van der Waals surface area contributed by atoms with Crippen molar-refractivity contribution in [1.29, 1.82) is 0 Å². The third kappa shape index (κ3) is 3.53. The number of H-pyrrole nitrogens is 1. The van der Waals surface area contributed by atoms with E-state index < -0.39 is 10.0 Å². The molecule has 0 unspecified atom stereocenters. The van der Waals surface area contributed by atoms with Crippen LogP contribution in [0.3, 0.4) is 0 Å². The second-order valence-corrected chi connectivity index (χ2v) is 7.21. The molecule has 1 fully saturated rings. The van der Waals surface area contributed by atoms with Gasteiger partial charge in [-0.15, -0.1) is 0 Å². The van der Waals surface area contributed by atoms with Crippen molar-refractivity contribution in [2.24, 2.45) is 0 Å². The molecular weight excluding hydrogens is 316 g/mol. The lowest BCUT2D eigenvalue weighted by Gasteiger charge is -2.12. The molecule has 1 aliphatic rings. The van der Waals surface area contributed by atoms with Gasteiger partial charge in [-0.2, -0.15) is 5.10 Å². The smallest absolute Gasteiger partial charge is 0.271 e. The van der Waals surface area contributed by atoms with Crippen LogP contribution in [-0.4, -0.2) is 30.6 Å². The van der Waals surface area contributed by atoms with Crippen molar-refractivity contribution >= 4 is 21.6 Å². The number of rotatable bonds is 5. The summed E-state index contributed by atoms with van der Waals surface area (Å²) >= 11 is 0. The monoisotopic (exact) mass is 334 g/mol. The van der Waals surface area contributed by atoms with E-state index in [1.54, 1.807) is 18.2 Å². The van der Waals surface area contributed by atoms with E-state index in [1.165, 1.54) is 18.3 Å². The van der Waals surface area contributed by atoms with Gasteiger partial charge >= 0.3 is 0 Å². The number of anilines is 1. The van der Waals surface area contributed by atoms with Crippen LogP contribution in [0.1, 0.15) is 36.2 Å². The van der Waals surface area contributed by atoms with Crippen molar-refractivity contribution in [3.8, 4) is 0 Å². The molecule has 1 saturated carbocycles. The van der Waals surface area contributed by atoms with Gasteiger partial charge in [-0.3, -0.25) is 14.6 Å². The number of nitrogens with one attached hydrogen (secondary N) is 3. The predicted octanol–water partition coefficient (Wildman–Crippen LogP) is 1.88. The number of aromatic amines is 1. The topological polar surface area (TPSA) is 104 Å². The Morgan fingerprint density at radius 2 is 1.87 bits per heavy atom. The van der Waals surface area contributed by atoms with Crippen molar-refractivity contribution < 1.29 is 13.2 Å². The molecule has 23 heavy (non-hydrogen) atoms. The van der Waals surface area contributed by atoms with Crippen molar-refractivity contribution in [1.82, 2.24) is 15.5 Å². The summed E-state index contributed by atoms with van der Waals surface area (Å²) in [5.41, 5.74) is 0.265. The van der Waals surface area contributed by atoms with Crippen LogP contribution in [0, 0.1) is 0 Å². The van der Waals surface area contributed by atoms with Crippen LogP contribution in [-0.2, 0) is 10.0 Å². The lowest BCUT2D eigenvalue weighted by atomic mass is 10.2. The van der Waals surface area contributed by atoms with E-state index in [-0.39, 0.29) is 28.2 Å². The third-order valence-electron chi connectivity index (χ3n) is 3.85. The van der Waals surface area contributed by atoms with E-state index in [9.17, 15) is 13.2 Å². The first kappa shape index (κ1) is 15.5. The molecule has 3 N–H and O–H groups in total. The Labute approximate surface area is 134 Å². The molecule has 2 aromatic rings. The molecule has 1 amide bonds. The molecule has 0 saturated heterocycles. The molecule has 122 valence electrons. The highest BCUT2D eigenvalue weighted by Crippen LogP contribution is 2.21. The average Bonchev–Trinajstić information content (AvgIpc) is 3.19. The van der Waals surface area contributed by atoms with Gasteiger partial charge in [0.2, 0.25) is 0 Å². The largest absolute Gasteiger partial charge is 0.348 e. The molecule has 0 bridgehead atoms. The Kier molecular flexibility index (Phi) is 4.33. The molecule has 1 aromatic heterocycles. The van der Waals surface area contributed by atoms with Crippen LogP contribution in [0.15, 0.2) is 41.4 Å². The van der Waals surface area contributed by atoms with Gasteiger partial charge in [0.05, 0.1) is 16.8 Å². The fourth-order valence-corrected chi connectivity index (χ4v) is 3.75. The Hall–Kier alpha value is -2.35. The Balaban J connectivity index is 1.77. The first-order valence-electron chi connectivity index (χ1n) is 7.48. The zero-order valence-electron chi connectivity index (χ0n) is 12.5. The molecule has 1 aliphatic carbocycles. The van der Waals surface area contributed by atoms with E-state index in [2.05, 4.69) is 20.2 Å². The fraction of sp³-hybridized carbons (Fsp3) is 0.333. The first-order valence-corrected chi connectivity index (χ1v) is 8.97. The van der Waals surface area contributed by atoms with Crippen LogP contribution in [0.2, 0.25) is 0 Å². The minimum atomic E-state index is -3.76. The van der Waals surface area contributed by atoms with Crippen LogP contribution in [0.5, 0.6) is 0 Å². The summed E-state index contributed by atoms with van der Waals surface area (Å²) in [5.74, 6) is -0.347. The van der Waals surface area contributed by atoms with Gasteiger partial charge in [0.1, 0.15) is 5.69 Å². The fourth-order valence-electron chi connectivity index (χ4n) is 2.67. The number of sulfonamides is 1. The average molecular weight is 334 g/mol.